The summed E-state index contributed by atoms with van der Waals surface area (Å²) < 4.78 is 14.3. The summed E-state index contributed by atoms with van der Waals surface area (Å²) in [6.07, 6.45) is 0.0961. The zero-order chi connectivity index (χ0) is 14.5. The lowest BCUT2D eigenvalue weighted by Gasteiger charge is -2.04. The monoisotopic (exact) mass is 372 g/mol. The van der Waals surface area contributed by atoms with E-state index in [2.05, 4.69) is 15.9 Å². The van der Waals surface area contributed by atoms with E-state index in [9.17, 15) is 9.18 Å². The molecular weight excluding hydrogens is 363 g/mol. The van der Waals surface area contributed by atoms with Crippen molar-refractivity contribution >= 4 is 45.1 Å². The second-order valence-corrected chi connectivity index (χ2v) is 6.60. The number of rotatable bonds is 5. The number of carbonyl (C=O) groups excluding carboxylic acids is 1. The molecule has 0 aliphatic rings. The molecule has 1 nitrogen and oxygen atoms in total. The highest BCUT2D eigenvalue weighted by atomic mass is 79.9. The Morgan fingerprint density at radius 2 is 2.05 bits per heavy atom. The highest BCUT2D eigenvalue weighted by molar-refractivity contribution is 9.10. The molecule has 0 saturated heterocycles. The third-order valence-corrected chi connectivity index (χ3v) is 4.37. The maximum Gasteiger partial charge on any atom is 0.147 e. The van der Waals surface area contributed by atoms with E-state index in [0.29, 0.717) is 16.3 Å². The van der Waals surface area contributed by atoms with Crippen molar-refractivity contribution in [3.05, 3.63) is 63.3 Å². The van der Waals surface area contributed by atoms with Crippen molar-refractivity contribution in [3.63, 3.8) is 0 Å². The molecule has 0 spiro atoms. The van der Waals surface area contributed by atoms with Crippen molar-refractivity contribution in [3.8, 4) is 0 Å². The number of hydrogen-bond donors (Lipinski definition) is 0. The second kappa shape index (κ2) is 7.25. The molecule has 0 amide bonds. The highest BCUT2D eigenvalue weighted by Gasteiger charge is 2.09. The van der Waals surface area contributed by atoms with E-state index in [1.54, 1.807) is 24.3 Å². The number of hydrogen-bond acceptors (Lipinski definition) is 2. The predicted molar refractivity (Wildman–Crippen MR) is 85.0 cm³/mol. The van der Waals surface area contributed by atoms with Gasteiger partial charge in [0, 0.05) is 20.8 Å². The van der Waals surface area contributed by atoms with Gasteiger partial charge >= 0.3 is 0 Å². The van der Waals surface area contributed by atoms with Gasteiger partial charge in [-0.15, -0.1) is 11.8 Å². The van der Waals surface area contributed by atoms with E-state index in [4.69, 9.17) is 11.6 Å². The van der Waals surface area contributed by atoms with E-state index in [-0.39, 0.29) is 18.0 Å². The molecule has 0 heterocycles. The van der Waals surface area contributed by atoms with Crippen molar-refractivity contribution in [1.82, 2.24) is 0 Å². The lowest BCUT2D eigenvalue weighted by atomic mass is 10.1. The maximum absolute atomic E-state index is 13.5. The Morgan fingerprint density at radius 1 is 1.25 bits per heavy atom. The van der Waals surface area contributed by atoms with Crippen molar-refractivity contribution < 1.29 is 9.18 Å². The lowest BCUT2D eigenvalue weighted by molar-refractivity contribution is -0.116. The van der Waals surface area contributed by atoms with Crippen LogP contribution in [0.1, 0.15) is 5.56 Å². The summed E-state index contributed by atoms with van der Waals surface area (Å²) in [6, 6.07) is 11.9. The Kier molecular flexibility index (Phi) is 5.64. The molecular formula is C15H11BrClFOS. The summed E-state index contributed by atoms with van der Waals surface area (Å²) in [5.41, 5.74) is 0.413. The number of ketones is 1. The SMILES string of the molecule is O=C(CSc1cccc(Cl)c1)Cc1cc(Br)ccc1F. The topological polar surface area (TPSA) is 17.1 Å². The molecule has 20 heavy (non-hydrogen) atoms. The van der Waals surface area contributed by atoms with Gasteiger partial charge in [0.2, 0.25) is 0 Å². The smallest absolute Gasteiger partial charge is 0.147 e. The Morgan fingerprint density at radius 3 is 2.80 bits per heavy atom. The molecule has 0 N–H and O–H groups in total. The van der Waals surface area contributed by atoms with E-state index < -0.39 is 0 Å². The van der Waals surface area contributed by atoms with E-state index >= 15 is 0 Å². The molecule has 5 heteroatoms. The normalized spacial score (nSPS) is 10.6. The van der Waals surface area contributed by atoms with Crippen molar-refractivity contribution in [2.24, 2.45) is 0 Å². The van der Waals surface area contributed by atoms with Crippen LogP contribution in [-0.4, -0.2) is 11.5 Å². The second-order valence-electron chi connectivity index (χ2n) is 4.20. The fraction of sp³-hybridized carbons (Fsp3) is 0.133. The van der Waals surface area contributed by atoms with Gasteiger partial charge in [-0.2, -0.15) is 0 Å². The zero-order valence-corrected chi connectivity index (χ0v) is 13.6. The van der Waals surface area contributed by atoms with Gasteiger partial charge in [0.15, 0.2) is 0 Å². The van der Waals surface area contributed by atoms with Crippen LogP contribution in [0.3, 0.4) is 0 Å². The average molecular weight is 374 g/mol. The number of halogens is 3. The Labute approximate surface area is 134 Å². The molecule has 2 rings (SSSR count). The average Bonchev–Trinajstić information content (AvgIpc) is 2.41. The molecule has 2 aromatic carbocycles. The van der Waals surface area contributed by atoms with Gasteiger partial charge in [-0.25, -0.2) is 4.39 Å². The summed E-state index contributed by atoms with van der Waals surface area (Å²) in [7, 11) is 0. The van der Waals surface area contributed by atoms with Crippen molar-refractivity contribution in [1.29, 1.82) is 0 Å². The van der Waals surface area contributed by atoms with Crippen LogP contribution in [0.15, 0.2) is 51.8 Å². The highest BCUT2D eigenvalue weighted by Crippen LogP contribution is 2.22. The first kappa shape index (κ1) is 15.5. The van der Waals surface area contributed by atoms with Crippen LogP contribution < -0.4 is 0 Å². The Hall–Kier alpha value is -0.840. The first-order valence-corrected chi connectivity index (χ1v) is 8.04. The molecule has 0 saturated carbocycles. The van der Waals surface area contributed by atoms with Gasteiger partial charge < -0.3 is 0 Å². The summed E-state index contributed by atoms with van der Waals surface area (Å²) in [4.78, 5) is 12.8. The lowest BCUT2D eigenvalue weighted by Crippen LogP contribution is -2.07. The van der Waals surface area contributed by atoms with Crippen molar-refractivity contribution in [2.45, 2.75) is 11.3 Å². The Bertz CT molecular complexity index is 633. The number of carbonyl (C=O) groups is 1. The first-order valence-electron chi connectivity index (χ1n) is 5.88. The molecule has 0 atom stereocenters. The predicted octanol–water partition coefficient (Wildman–Crippen LogP) is 5.15. The van der Waals surface area contributed by atoms with E-state index in [1.165, 1.54) is 17.8 Å². The molecule has 0 aliphatic heterocycles. The molecule has 0 bridgehead atoms. The van der Waals surface area contributed by atoms with Crippen LogP contribution in [0, 0.1) is 5.82 Å². The van der Waals surface area contributed by atoms with Crippen LogP contribution in [0.25, 0.3) is 0 Å². The molecule has 2 aromatic rings. The quantitative estimate of drug-likeness (QED) is 0.675. The third-order valence-electron chi connectivity index (χ3n) is 2.59. The molecule has 0 aliphatic carbocycles. The van der Waals surface area contributed by atoms with Crippen LogP contribution in [0.4, 0.5) is 4.39 Å². The first-order chi connectivity index (χ1) is 9.54. The van der Waals surface area contributed by atoms with Crippen molar-refractivity contribution in [2.75, 3.05) is 5.75 Å². The Balaban J connectivity index is 1.94. The fourth-order valence-electron chi connectivity index (χ4n) is 1.66. The van der Waals surface area contributed by atoms with Gasteiger partial charge in [0.05, 0.1) is 5.75 Å². The minimum Gasteiger partial charge on any atom is -0.298 e. The van der Waals surface area contributed by atoms with Crippen LogP contribution in [0.2, 0.25) is 5.02 Å². The van der Waals surface area contributed by atoms with Crippen LogP contribution >= 0.6 is 39.3 Å². The minimum absolute atomic E-state index is 0.0213. The maximum atomic E-state index is 13.5. The van der Waals surface area contributed by atoms with Gasteiger partial charge in [-0.05, 0) is 42.0 Å². The molecule has 0 fully saturated rings. The minimum atomic E-state index is -0.352. The summed E-state index contributed by atoms with van der Waals surface area (Å²) in [5.74, 6) is -0.0759. The summed E-state index contributed by atoms with van der Waals surface area (Å²) in [5, 5.41) is 0.639. The number of benzene rings is 2. The summed E-state index contributed by atoms with van der Waals surface area (Å²) in [6.45, 7) is 0. The molecule has 0 radical (unpaired) electrons. The number of thioether (sulfide) groups is 1. The molecule has 0 aromatic heterocycles. The molecule has 0 unspecified atom stereocenters. The van der Waals surface area contributed by atoms with Gasteiger partial charge in [0.1, 0.15) is 11.6 Å². The largest absolute Gasteiger partial charge is 0.298 e. The van der Waals surface area contributed by atoms with E-state index in [0.717, 1.165) is 9.37 Å². The standard InChI is InChI=1S/C15H11BrClFOS/c16-11-4-5-15(18)10(6-11)7-13(19)9-20-14-3-1-2-12(17)8-14/h1-6,8H,7,9H2. The fourth-order valence-corrected chi connectivity index (χ4v) is 3.14. The van der Waals surface area contributed by atoms with Crippen LogP contribution in [0.5, 0.6) is 0 Å². The number of Topliss-reactive ketones (excluding diaryl/α,β-unsaturated/α-hetero) is 1. The van der Waals surface area contributed by atoms with E-state index in [1.807, 2.05) is 12.1 Å². The zero-order valence-electron chi connectivity index (χ0n) is 10.4. The van der Waals surface area contributed by atoms with Gasteiger partial charge in [-0.3, -0.25) is 4.79 Å². The van der Waals surface area contributed by atoms with Gasteiger partial charge in [0.25, 0.3) is 0 Å². The molecule has 104 valence electrons. The van der Waals surface area contributed by atoms with Crippen LogP contribution in [-0.2, 0) is 11.2 Å². The van der Waals surface area contributed by atoms with Gasteiger partial charge in [-0.1, -0.05) is 33.6 Å². The summed E-state index contributed by atoms with van der Waals surface area (Å²) >= 11 is 10.6. The third kappa shape index (κ3) is 4.62.